The molecule has 1 atom stereocenters. The summed E-state index contributed by atoms with van der Waals surface area (Å²) in [4.78, 5) is 25.4. The summed E-state index contributed by atoms with van der Waals surface area (Å²) in [7, 11) is 1.90. The summed E-state index contributed by atoms with van der Waals surface area (Å²) >= 11 is 1.31. The Labute approximate surface area is 128 Å². The molecular formula is C14H19N3O3S. The van der Waals surface area contributed by atoms with Gasteiger partial charge < -0.3 is 10.2 Å². The van der Waals surface area contributed by atoms with Gasteiger partial charge in [-0.05, 0) is 44.3 Å². The van der Waals surface area contributed by atoms with E-state index in [0.29, 0.717) is 29.5 Å². The predicted molar refractivity (Wildman–Crippen MR) is 82.8 cm³/mol. The molecule has 1 aliphatic rings. The number of nitro groups is 1. The van der Waals surface area contributed by atoms with Crippen LogP contribution in [0.2, 0.25) is 0 Å². The summed E-state index contributed by atoms with van der Waals surface area (Å²) in [6.45, 7) is 2.30. The van der Waals surface area contributed by atoms with E-state index in [0.717, 1.165) is 13.0 Å². The molecule has 1 aliphatic heterocycles. The average molecular weight is 309 g/mol. The molecule has 1 aromatic rings. The first-order chi connectivity index (χ1) is 10.1. The van der Waals surface area contributed by atoms with Gasteiger partial charge in [-0.25, -0.2) is 0 Å². The summed E-state index contributed by atoms with van der Waals surface area (Å²) in [6, 6.07) is 4.71. The molecule has 0 aliphatic carbocycles. The number of carbonyl (C=O) groups excluding carboxylic acids is 1. The molecule has 21 heavy (non-hydrogen) atoms. The van der Waals surface area contributed by atoms with Crippen LogP contribution in [-0.2, 0) is 0 Å². The van der Waals surface area contributed by atoms with E-state index in [2.05, 4.69) is 5.32 Å². The zero-order valence-corrected chi connectivity index (χ0v) is 13.0. The van der Waals surface area contributed by atoms with Gasteiger partial charge in [-0.3, -0.25) is 14.9 Å². The van der Waals surface area contributed by atoms with Crippen molar-refractivity contribution in [2.45, 2.75) is 11.3 Å². The highest BCUT2D eigenvalue weighted by molar-refractivity contribution is 7.98. The molecule has 1 fully saturated rings. The molecule has 0 spiro atoms. The van der Waals surface area contributed by atoms with Gasteiger partial charge in [-0.15, -0.1) is 11.8 Å². The number of nitrogens with one attached hydrogen (secondary N) is 1. The maximum absolute atomic E-state index is 12.4. The number of benzene rings is 1. The maximum atomic E-state index is 12.4. The first kappa shape index (κ1) is 15.8. The zero-order valence-electron chi connectivity index (χ0n) is 12.2. The van der Waals surface area contributed by atoms with Crippen LogP contribution in [0.4, 0.5) is 5.69 Å². The number of carbonyl (C=O) groups is 1. The van der Waals surface area contributed by atoms with Crippen molar-refractivity contribution in [1.82, 2.24) is 10.2 Å². The van der Waals surface area contributed by atoms with Crippen molar-refractivity contribution in [3.8, 4) is 0 Å². The topological polar surface area (TPSA) is 75.5 Å². The van der Waals surface area contributed by atoms with Crippen LogP contribution in [-0.4, -0.2) is 48.7 Å². The highest BCUT2D eigenvalue weighted by Crippen LogP contribution is 2.29. The van der Waals surface area contributed by atoms with Crippen LogP contribution in [0.5, 0.6) is 0 Å². The lowest BCUT2D eigenvalue weighted by molar-refractivity contribution is -0.387. The Morgan fingerprint density at radius 3 is 2.95 bits per heavy atom. The third-order valence-corrected chi connectivity index (χ3v) is 4.47. The van der Waals surface area contributed by atoms with Crippen LogP contribution in [0.3, 0.4) is 0 Å². The van der Waals surface area contributed by atoms with Crippen molar-refractivity contribution >= 4 is 23.4 Å². The Balaban J connectivity index is 2.17. The quantitative estimate of drug-likeness (QED) is 0.511. The lowest BCUT2D eigenvalue weighted by Crippen LogP contribution is -2.30. The van der Waals surface area contributed by atoms with Gasteiger partial charge in [-0.1, -0.05) is 0 Å². The third-order valence-electron chi connectivity index (χ3n) is 3.69. The van der Waals surface area contributed by atoms with Crippen molar-refractivity contribution in [2.24, 2.45) is 5.92 Å². The Morgan fingerprint density at radius 2 is 2.33 bits per heavy atom. The molecule has 7 heteroatoms. The Bertz CT molecular complexity index is 550. The van der Waals surface area contributed by atoms with Crippen molar-refractivity contribution in [3.63, 3.8) is 0 Å². The summed E-state index contributed by atoms with van der Waals surface area (Å²) in [5.74, 6) is 0.337. The fourth-order valence-corrected chi connectivity index (χ4v) is 3.17. The van der Waals surface area contributed by atoms with E-state index in [1.807, 2.05) is 7.05 Å². The van der Waals surface area contributed by atoms with Crippen LogP contribution >= 0.6 is 11.8 Å². The van der Waals surface area contributed by atoms with Crippen LogP contribution in [0.1, 0.15) is 16.8 Å². The van der Waals surface area contributed by atoms with Crippen molar-refractivity contribution < 1.29 is 9.72 Å². The number of likely N-dealkylation sites (tertiary alicyclic amines) is 1. The smallest absolute Gasteiger partial charge is 0.283 e. The number of hydrogen-bond donors (Lipinski definition) is 1. The number of thioether (sulfide) groups is 1. The molecule has 0 radical (unpaired) electrons. The molecule has 0 aromatic heterocycles. The molecule has 1 unspecified atom stereocenters. The minimum atomic E-state index is -0.434. The van der Waals surface area contributed by atoms with Crippen LogP contribution < -0.4 is 5.32 Å². The van der Waals surface area contributed by atoms with E-state index in [-0.39, 0.29) is 11.6 Å². The Kier molecular flexibility index (Phi) is 5.19. The zero-order chi connectivity index (χ0) is 15.4. The molecule has 1 aromatic carbocycles. The van der Waals surface area contributed by atoms with Crippen molar-refractivity contribution in [2.75, 3.05) is 32.9 Å². The minimum Gasteiger partial charge on any atom is -0.338 e. The van der Waals surface area contributed by atoms with Gasteiger partial charge >= 0.3 is 0 Å². The summed E-state index contributed by atoms with van der Waals surface area (Å²) in [5, 5.41) is 14.2. The fourth-order valence-electron chi connectivity index (χ4n) is 2.62. The van der Waals surface area contributed by atoms with Gasteiger partial charge in [0.15, 0.2) is 0 Å². The van der Waals surface area contributed by atoms with Gasteiger partial charge in [-0.2, -0.15) is 0 Å². The van der Waals surface area contributed by atoms with Crippen molar-refractivity contribution in [3.05, 3.63) is 33.9 Å². The molecule has 114 valence electrons. The van der Waals surface area contributed by atoms with Crippen LogP contribution in [0.25, 0.3) is 0 Å². The van der Waals surface area contributed by atoms with Crippen LogP contribution in [0, 0.1) is 16.0 Å². The van der Waals surface area contributed by atoms with Crippen molar-refractivity contribution in [1.29, 1.82) is 0 Å². The molecule has 1 saturated heterocycles. The number of rotatable bonds is 5. The minimum absolute atomic E-state index is 0.000628. The number of hydrogen-bond acceptors (Lipinski definition) is 5. The van der Waals surface area contributed by atoms with E-state index < -0.39 is 4.92 Å². The van der Waals surface area contributed by atoms with E-state index in [1.54, 1.807) is 23.3 Å². The second-order valence-electron chi connectivity index (χ2n) is 5.11. The van der Waals surface area contributed by atoms with Gasteiger partial charge in [0.05, 0.1) is 9.82 Å². The molecular weight excluding hydrogens is 290 g/mol. The van der Waals surface area contributed by atoms with E-state index in [1.165, 1.54) is 17.8 Å². The van der Waals surface area contributed by atoms with Crippen LogP contribution in [0.15, 0.2) is 23.1 Å². The summed E-state index contributed by atoms with van der Waals surface area (Å²) < 4.78 is 0. The lowest BCUT2D eigenvalue weighted by Gasteiger charge is -2.16. The summed E-state index contributed by atoms with van der Waals surface area (Å²) in [5.41, 5.74) is 0.393. The Hall–Kier alpha value is -1.60. The lowest BCUT2D eigenvalue weighted by atomic mass is 10.1. The van der Waals surface area contributed by atoms with Gasteiger partial charge in [0, 0.05) is 24.7 Å². The van der Waals surface area contributed by atoms with E-state index in [4.69, 9.17) is 0 Å². The third kappa shape index (κ3) is 3.54. The van der Waals surface area contributed by atoms with E-state index >= 15 is 0 Å². The fraction of sp³-hybridized carbons (Fsp3) is 0.500. The van der Waals surface area contributed by atoms with Gasteiger partial charge in [0.1, 0.15) is 0 Å². The van der Waals surface area contributed by atoms with Gasteiger partial charge in [0.25, 0.3) is 11.6 Å². The van der Waals surface area contributed by atoms with Gasteiger partial charge in [0.2, 0.25) is 0 Å². The predicted octanol–water partition coefficient (Wildman–Crippen LogP) is 2.00. The number of nitro benzene ring substituents is 1. The maximum Gasteiger partial charge on any atom is 0.283 e. The molecule has 1 amide bonds. The average Bonchev–Trinajstić information content (AvgIpc) is 2.94. The molecule has 1 N–H and O–H groups in total. The second kappa shape index (κ2) is 6.91. The molecule has 0 saturated carbocycles. The standard InChI is InChI=1S/C14H19N3O3S/c1-15-8-10-5-6-16(9-10)14(18)11-3-4-13(21-2)12(7-11)17(19)20/h3-4,7,10,15H,5-6,8-9H2,1-2H3. The number of amides is 1. The van der Waals surface area contributed by atoms with E-state index in [9.17, 15) is 14.9 Å². The number of nitrogens with zero attached hydrogens (tertiary/aromatic N) is 2. The first-order valence-corrected chi connectivity index (χ1v) is 8.05. The summed E-state index contributed by atoms with van der Waals surface area (Å²) in [6.07, 6.45) is 2.75. The monoisotopic (exact) mass is 309 g/mol. The molecule has 1 heterocycles. The Morgan fingerprint density at radius 1 is 1.57 bits per heavy atom. The highest BCUT2D eigenvalue weighted by atomic mass is 32.2. The SMILES string of the molecule is CNCC1CCN(C(=O)c2ccc(SC)c([N+](=O)[O-])c2)C1. The molecule has 0 bridgehead atoms. The highest BCUT2D eigenvalue weighted by Gasteiger charge is 2.27. The normalized spacial score (nSPS) is 18.0. The first-order valence-electron chi connectivity index (χ1n) is 6.83. The largest absolute Gasteiger partial charge is 0.338 e. The molecule has 2 rings (SSSR count). The second-order valence-corrected chi connectivity index (χ2v) is 5.96. The molecule has 6 nitrogen and oxygen atoms in total.